The Hall–Kier alpha value is -1.77. The fraction of sp³-hybridized carbons (Fsp3) is 0.182. The van der Waals surface area contributed by atoms with Gasteiger partial charge in [0, 0.05) is 11.8 Å². The lowest BCUT2D eigenvalue weighted by Crippen LogP contribution is -1.92. The number of hydrogen-bond acceptors (Lipinski definition) is 2. The van der Waals surface area contributed by atoms with E-state index in [2.05, 4.69) is 0 Å². The van der Waals surface area contributed by atoms with E-state index in [4.69, 9.17) is 10.8 Å². The van der Waals surface area contributed by atoms with Gasteiger partial charge in [-0.2, -0.15) is 0 Å². The summed E-state index contributed by atoms with van der Waals surface area (Å²) in [6.45, 7) is 2.04. The lowest BCUT2D eigenvalue weighted by atomic mass is 10.1. The van der Waals surface area contributed by atoms with Crippen LogP contribution in [-0.2, 0) is 11.2 Å². The molecule has 1 aromatic rings. The van der Waals surface area contributed by atoms with Crippen molar-refractivity contribution < 1.29 is 9.90 Å². The number of anilines is 1. The molecule has 0 aromatic heterocycles. The molecule has 0 saturated carbocycles. The highest BCUT2D eigenvalue weighted by molar-refractivity contribution is 5.86. The van der Waals surface area contributed by atoms with Crippen molar-refractivity contribution in [2.45, 2.75) is 13.3 Å². The third kappa shape index (κ3) is 2.62. The predicted octanol–water partition coefficient (Wildman–Crippen LogP) is 1.93. The molecule has 0 amide bonds. The summed E-state index contributed by atoms with van der Waals surface area (Å²) in [4.78, 5) is 10.3. The first-order valence-corrected chi connectivity index (χ1v) is 4.43. The zero-order chi connectivity index (χ0) is 10.6. The van der Waals surface area contributed by atoms with E-state index in [-0.39, 0.29) is 0 Å². The van der Waals surface area contributed by atoms with E-state index >= 15 is 0 Å². The molecule has 74 valence electrons. The maximum atomic E-state index is 10.3. The molecule has 3 nitrogen and oxygen atoms in total. The van der Waals surface area contributed by atoms with Crippen LogP contribution in [0.1, 0.15) is 18.1 Å². The van der Waals surface area contributed by atoms with Gasteiger partial charge in [-0.05, 0) is 35.8 Å². The second-order valence-electron chi connectivity index (χ2n) is 2.99. The van der Waals surface area contributed by atoms with Crippen LogP contribution < -0.4 is 5.73 Å². The van der Waals surface area contributed by atoms with Gasteiger partial charge in [-0.3, -0.25) is 0 Å². The molecule has 0 heterocycles. The first-order valence-electron chi connectivity index (χ1n) is 4.43. The van der Waals surface area contributed by atoms with Crippen LogP contribution in [0.15, 0.2) is 24.3 Å². The Morgan fingerprint density at radius 2 is 2.29 bits per heavy atom. The van der Waals surface area contributed by atoms with Crippen molar-refractivity contribution in [2.75, 3.05) is 5.73 Å². The van der Waals surface area contributed by atoms with E-state index in [0.29, 0.717) is 5.69 Å². The number of carboxylic acid groups (broad SMARTS) is 1. The maximum Gasteiger partial charge on any atom is 0.328 e. The summed E-state index contributed by atoms with van der Waals surface area (Å²) in [5.74, 6) is -0.966. The van der Waals surface area contributed by atoms with Crippen molar-refractivity contribution in [1.82, 2.24) is 0 Å². The van der Waals surface area contributed by atoms with Crippen LogP contribution in [0.25, 0.3) is 6.08 Å². The zero-order valence-electron chi connectivity index (χ0n) is 8.03. The summed E-state index contributed by atoms with van der Waals surface area (Å²) in [6, 6.07) is 5.63. The lowest BCUT2D eigenvalue weighted by Gasteiger charge is -2.02. The Morgan fingerprint density at radius 3 is 2.86 bits per heavy atom. The number of aliphatic carboxylic acids is 1. The standard InChI is InChI=1S/C11H13NO2/c1-2-8-3-5-10(12)9(7-8)4-6-11(13)14/h3-7H,2,12H2,1H3,(H,13,14)/b6-4+. The SMILES string of the molecule is CCc1ccc(N)c(/C=C/C(=O)O)c1. The van der Waals surface area contributed by atoms with Gasteiger partial charge in [0.1, 0.15) is 0 Å². The monoisotopic (exact) mass is 191 g/mol. The van der Waals surface area contributed by atoms with E-state index in [1.54, 1.807) is 6.07 Å². The van der Waals surface area contributed by atoms with E-state index in [9.17, 15) is 4.79 Å². The Morgan fingerprint density at radius 1 is 1.57 bits per heavy atom. The summed E-state index contributed by atoms with van der Waals surface area (Å²) < 4.78 is 0. The highest BCUT2D eigenvalue weighted by atomic mass is 16.4. The number of benzene rings is 1. The molecule has 0 aliphatic carbocycles. The lowest BCUT2D eigenvalue weighted by molar-refractivity contribution is -0.131. The highest BCUT2D eigenvalue weighted by Crippen LogP contribution is 2.16. The molecule has 0 radical (unpaired) electrons. The predicted molar refractivity (Wildman–Crippen MR) is 56.9 cm³/mol. The molecule has 0 atom stereocenters. The minimum Gasteiger partial charge on any atom is -0.478 e. The van der Waals surface area contributed by atoms with Gasteiger partial charge in [0.15, 0.2) is 0 Å². The Bertz CT molecular complexity index is 370. The van der Waals surface area contributed by atoms with E-state index in [1.165, 1.54) is 6.08 Å². The molecule has 0 spiro atoms. The average Bonchev–Trinajstić information content (AvgIpc) is 2.16. The van der Waals surface area contributed by atoms with Crippen molar-refractivity contribution in [1.29, 1.82) is 0 Å². The first kappa shape index (κ1) is 10.3. The van der Waals surface area contributed by atoms with Crippen molar-refractivity contribution >= 4 is 17.7 Å². The van der Waals surface area contributed by atoms with Gasteiger partial charge in [0.25, 0.3) is 0 Å². The number of aryl methyl sites for hydroxylation is 1. The molecular formula is C11H13NO2. The molecular weight excluding hydrogens is 178 g/mol. The topological polar surface area (TPSA) is 63.3 Å². The molecule has 0 aliphatic rings. The number of nitrogen functional groups attached to an aromatic ring is 1. The minimum absolute atomic E-state index is 0.597. The smallest absolute Gasteiger partial charge is 0.328 e. The number of hydrogen-bond donors (Lipinski definition) is 2. The fourth-order valence-electron chi connectivity index (χ4n) is 1.15. The molecule has 14 heavy (non-hydrogen) atoms. The summed E-state index contributed by atoms with van der Waals surface area (Å²) in [7, 11) is 0. The largest absolute Gasteiger partial charge is 0.478 e. The Labute approximate surface area is 82.9 Å². The second kappa shape index (κ2) is 4.46. The van der Waals surface area contributed by atoms with Gasteiger partial charge in [-0.15, -0.1) is 0 Å². The summed E-state index contributed by atoms with van der Waals surface area (Å²) >= 11 is 0. The van der Waals surface area contributed by atoms with Crippen LogP contribution in [0.2, 0.25) is 0 Å². The molecule has 0 fully saturated rings. The number of carbonyl (C=O) groups is 1. The maximum absolute atomic E-state index is 10.3. The normalized spacial score (nSPS) is 10.6. The molecule has 0 bridgehead atoms. The van der Waals surface area contributed by atoms with Crippen molar-refractivity contribution in [3.63, 3.8) is 0 Å². The Kier molecular flexibility index (Phi) is 3.29. The number of rotatable bonds is 3. The van der Waals surface area contributed by atoms with Crippen LogP contribution in [0.3, 0.4) is 0 Å². The molecule has 1 aromatic carbocycles. The summed E-state index contributed by atoms with van der Waals surface area (Å²) in [5, 5.41) is 8.46. The van der Waals surface area contributed by atoms with Gasteiger partial charge in [0.2, 0.25) is 0 Å². The van der Waals surface area contributed by atoms with Gasteiger partial charge in [-0.25, -0.2) is 4.79 Å². The van der Waals surface area contributed by atoms with Crippen molar-refractivity contribution in [3.05, 3.63) is 35.4 Å². The van der Waals surface area contributed by atoms with Crippen molar-refractivity contribution in [2.24, 2.45) is 0 Å². The first-order chi connectivity index (χ1) is 6.63. The number of carboxylic acids is 1. The third-order valence-corrected chi connectivity index (χ3v) is 1.96. The van der Waals surface area contributed by atoms with Crippen LogP contribution in [0, 0.1) is 0 Å². The van der Waals surface area contributed by atoms with E-state index in [0.717, 1.165) is 23.6 Å². The van der Waals surface area contributed by atoms with Crippen LogP contribution in [0.5, 0.6) is 0 Å². The summed E-state index contributed by atoms with van der Waals surface area (Å²) in [6.07, 6.45) is 3.51. The van der Waals surface area contributed by atoms with Crippen LogP contribution in [0.4, 0.5) is 5.69 Å². The quantitative estimate of drug-likeness (QED) is 0.566. The van der Waals surface area contributed by atoms with Crippen molar-refractivity contribution in [3.8, 4) is 0 Å². The third-order valence-electron chi connectivity index (χ3n) is 1.96. The van der Waals surface area contributed by atoms with Gasteiger partial charge in [-0.1, -0.05) is 13.0 Å². The molecule has 0 saturated heterocycles. The van der Waals surface area contributed by atoms with E-state index in [1.807, 2.05) is 19.1 Å². The molecule has 0 aliphatic heterocycles. The van der Waals surface area contributed by atoms with Crippen LogP contribution >= 0.6 is 0 Å². The molecule has 0 unspecified atom stereocenters. The molecule has 3 N–H and O–H groups in total. The highest BCUT2D eigenvalue weighted by Gasteiger charge is 1.97. The fourth-order valence-corrected chi connectivity index (χ4v) is 1.15. The van der Waals surface area contributed by atoms with Gasteiger partial charge in [0.05, 0.1) is 0 Å². The Balaban J connectivity index is 3.00. The second-order valence-corrected chi connectivity index (χ2v) is 2.99. The van der Waals surface area contributed by atoms with Crippen LogP contribution in [-0.4, -0.2) is 11.1 Å². The molecule has 1 rings (SSSR count). The average molecular weight is 191 g/mol. The van der Waals surface area contributed by atoms with Gasteiger partial charge >= 0.3 is 5.97 Å². The van der Waals surface area contributed by atoms with Gasteiger partial charge < -0.3 is 10.8 Å². The zero-order valence-corrected chi connectivity index (χ0v) is 8.03. The summed E-state index contributed by atoms with van der Waals surface area (Å²) in [5.41, 5.74) is 8.18. The van der Waals surface area contributed by atoms with E-state index < -0.39 is 5.97 Å². The number of nitrogens with two attached hydrogens (primary N) is 1. The molecule has 3 heteroatoms. The minimum atomic E-state index is -0.966.